The predicted octanol–water partition coefficient (Wildman–Crippen LogP) is 3.12. The van der Waals surface area contributed by atoms with Crippen LogP contribution in [-0.2, 0) is 63.9 Å². The van der Waals surface area contributed by atoms with Gasteiger partial charge in [-0.05, 0) is 71.3 Å². The van der Waals surface area contributed by atoms with Crippen LogP contribution < -0.4 is 10.6 Å². The van der Waals surface area contributed by atoms with Crippen LogP contribution in [0.5, 0.6) is 0 Å². The number of benzene rings is 1. The molecular formula is C53H82N8O12S. The average molecular weight is 1060 g/mol. The molecule has 2 amide bonds. The lowest BCUT2D eigenvalue weighted by Crippen LogP contribution is -2.80. The topological polar surface area (TPSA) is 213 Å². The number of aryl methyl sites for hydroxylation is 1. The summed E-state index contributed by atoms with van der Waals surface area (Å²) in [4.78, 5) is 74.9. The minimum atomic E-state index is -4.42. The van der Waals surface area contributed by atoms with Gasteiger partial charge in [-0.1, -0.05) is 62.4 Å². The van der Waals surface area contributed by atoms with Crippen molar-refractivity contribution in [1.82, 2.24) is 39.8 Å². The number of carbonyl (C=O) groups excluding carboxylic acids is 4. The van der Waals surface area contributed by atoms with Gasteiger partial charge in [-0.3, -0.25) is 29.2 Å². The molecule has 0 bridgehead atoms. The van der Waals surface area contributed by atoms with Crippen LogP contribution in [0.3, 0.4) is 0 Å². The van der Waals surface area contributed by atoms with Gasteiger partial charge in [0.2, 0.25) is 17.5 Å². The summed E-state index contributed by atoms with van der Waals surface area (Å²) in [5.74, 6) is -6.20. The number of hydrogen-bond donors (Lipinski definition) is 2. The molecule has 2 aliphatic carbocycles. The molecule has 1 unspecified atom stereocenters. The van der Waals surface area contributed by atoms with E-state index in [1.165, 1.54) is 6.33 Å². The molecule has 2 saturated carbocycles. The largest absolute Gasteiger partial charge is 0.450 e. The van der Waals surface area contributed by atoms with Crippen LogP contribution in [0.15, 0.2) is 49.1 Å². The molecule has 0 radical (unpaired) electrons. The predicted molar refractivity (Wildman–Crippen MR) is 274 cm³/mol. The molecule has 4 saturated heterocycles. The van der Waals surface area contributed by atoms with E-state index in [9.17, 15) is 4.79 Å². The molecule has 6 fully saturated rings. The van der Waals surface area contributed by atoms with Gasteiger partial charge in [0.15, 0.2) is 21.6 Å². The van der Waals surface area contributed by atoms with Gasteiger partial charge in [-0.25, -0.2) is 23.0 Å². The summed E-state index contributed by atoms with van der Waals surface area (Å²) in [6, 6.07) is 8.58. The quantitative estimate of drug-likeness (QED) is 0.128. The fraction of sp³-hybridized carbons (Fsp3) is 0.755. The number of rotatable bonds is 22. The molecule has 5 heterocycles. The summed E-state index contributed by atoms with van der Waals surface area (Å²) in [6.07, 6.45) is 10.6. The molecule has 21 heteroatoms. The van der Waals surface area contributed by atoms with Crippen LogP contribution >= 0.6 is 0 Å². The fourth-order valence-electron chi connectivity index (χ4n) is 11.5. The number of nitrogens with zero attached hydrogens (tertiary/aromatic N) is 6. The summed E-state index contributed by atoms with van der Waals surface area (Å²) in [5.41, 5.74) is -3.63. The number of aromatic nitrogens is 2. The Morgan fingerprint density at radius 3 is 1.81 bits per heavy atom. The lowest BCUT2D eigenvalue weighted by atomic mass is 9.76. The minimum absolute atomic E-state index is 0.00586. The second kappa shape index (κ2) is 24.9. The van der Waals surface area contributed by atoms with Gasteiger partial charge in [-0.2, -0.15) is 0 Å². The number of nitrogens with one attached hydrogen (secondary N) is 2. The van der Waals surface area contributed by atoms with Crippen molar-refractivity contribution >= 4 is 33.6 Å². The fourth-order valence-corrected chi connectivity index (χ4v) is 12.8. The van der Waals surface area contributed by atoms with Crippen LogP contribution in [0.2, 0.25) is 0 Å². The van der Waals surface area contributed by atoms with Crippen molar-refractivity contribution in [3.63, 3.8) is 0 Å². The number of morpholine rings is 4. The van der Waals surface area contributed by atoms with Crippen LogP contribution in [0, 0.1) is 11.8 Å². The SMILES string of the molecule is CC(C(=O)N[C@](CS(=O)(=O)C(C)(C)C)(OC(=O)C(NC(=O)CCc1ccccc1)(N1CCOCC1)N1CCOCC1)[C@@](CCC1CCCCC1)(OC(=O)C(N1CCOCC1)N1CCOCC1)C1CC1)n1ccnc1. The maximum Gasteiger partial charge on any atom is 0.366 e. The third-order valence-corrected chi connectivity index (χ3v) is 18.8. The molecule has 4 aliphatic heterocycles. The molecule has 1 aromatic heterocycles. The Bertz CT molecular complexity index is 2220. The lowest BCUT2D eigenvalue weighted by Gasteiger charge is -2.55. The standard InChI is InChI=1S/C53H82N8O12S/c1-41(59-22-21-54-40-59)46(63)56-52(39-74(66,67)50(2,3)4,73-49(65)53(60-27-35-70-36-28-60,61-29-37-71-38-30-61)55-45(62)18-15-42-11-7-5-8-12-42)51(44-16-17-44,20-19-43-13-9-6-10-14-43)72-48(64)47(57-23-31-68-32-24-57)58-25-33-69-34-26-58/h5,7-8,11-12,21-22,40-41,43-44,47H,6,9-10,13-20,23-39H2,1-4H3,(H,55,62)(H,56,63)/t41?,51-,52+/m0/s1. The zero-order chi connectivity index (χ0) is 52.4. The maximum absolute atomic E-state index is 16.8. The molecule has 8 rings (SSSR count). The van der Waals surface area contributed by atoms with E-state index in [1.54, 1.807) is 44.7 Å². The molecule has 3 atom stereocenters. The van der Waals surface area contributed by atoms with E-state index in [-0.39, 0.29) is 71.4 Å². The Morgan fingerprint density at radius 1 is 0.743 bits per heavy atom. The van der Waals surface area contributed by atoms with Gasteiger partial charge in [0.1, 0.15) is 11.8 Å². The monoisotopic (exact) mass is 1050 g/mol. The highest BCUT2D eigenvalue weighted by atomic mass is 32.2. The summed E-state index contributed by atoms with van der Waals surface area (Å²) >= 11 is 0. The van der Waals surface area contributed by atoms with Crippen LogP contribution in [0.25, 0.3) is 0 Å². The maximum atomic E-state index is 16.8. The lowest BCUT2D eigenvalue weighted by molar-refractivity contribution is -0.249. The molecule has 20 nitrogen and oxygen atoms in total. The third-order valence-electron chi connectivity index (χ3n) is 16.1. The molecule has 2 N–H and O–H groups in total. The van der Waals surface area contributed by atoms with Crippen LogP contribution in [0.1, 0.15) is 104 Å². The molecule has 2 aromatic rings. The van der Waals surface area contributed by atoms with Gasteiger partial charge >= 0.3 is 11.9 Å². The Labute approximate surface area is 437 Å². The van der Waals surface area contributed by atoms with Crippen molar-refractivity contribution in [3.8, 4) is 0 Å². The minimum Gasteiger partial charge on any atom is -0.450 e. The highest BCUT2D eigenvalue weighted by Crippen LogP contribution is 2.54. The molecule has 0 spiro atoms. The Kier molecular flexibility index (Phi) is 18.9. The number of ether oxygens (including phenoxy) is 6. The van der Waals surface area contributed by atoms with E-state index < -0.39 is 79.3 Å². The second-order valence-electron chi connectivity index (χ2n) is 22.0. The molecule has 6 aliphatic rings. The summed E-state index contributed by atoms with van der Waals surface area (Å²) in [7, 11) is -4.42. The van der Waals surface area contributed by atoms with Crippen molar-refractivity contribution in [2.24, 2.45) is 11.8 Å². The first-order valence-electron chi connectivity index (χ1n) is 27.2. The number of carbonyl (C=O) groups is 4. The van der Waals surface area contributed by atoms with Crippen molar-refractivity contribution in [2.75, 3.05) is 111 Å². The van der Waals surface area contributed by atoms with E-state index in [0.717, 1.165) is 37.7 Å². The summed E-state index contributed by atoms with van der Waals surface area (Å²) in [5, 5.41) is 6.34. The second-order valence-corrected chi connectivity index (χ2v) is 24.7. The highest BCUT2D eigenvalue weighted by Gasteiger charge is 2.69. The van der Waals surface area contributed by atoms with E-state index in [0.29, 0.717) is 78.3 Å². The number of imidazole rings is 1. The first-order valence-corrected chi connectivity index (χ1v) is 28.8. The van der Waals surface area contributed by atoms with Gasteiger partial charge < -0.3 is 43.6 Å². The van der Waals surface area contributed by atoms with Crippen molar-refractivity contribution in [3.05, 3.63) is 54.6 Å². The van der Waals surface area contributed by atoms with Gasteiger partial charge in [-0.15, -0.1) is 0 Å². The van der Waals surface area contributed by atoms with Crippen molar-refractivity contribution in [2.45, 2.75) is 132 Å². The molecule has 74 heavy (non-hydrogen) atoms. The average Bonchev–Trinajstić information content (AvgIpc) is 4.13. The van der Waals surface area contributed by atoms with E-state index in [4.69, 9.17) is 28.4 Å². The first-order chi connectivity index (χ1) is 35.6. The first kappa shape index (κ1) is 56.2. The van der Waals surface area contributed by atoms with E-state index in [1.807, 2.05) is 49.9 Å². The number of esters is 2. The Morgan fingerprint density at radius 2 is 1.30 bits per heavy atom. The zero-order valence-corrected chi connectivity index (χ0v) is 45.0. The van der Waals surface area contributed by atoms with Crippen molar-refractivity contribution < 1.29 is 56.0 Å². The van der Waals surface area contributed by atoms with Gasteiger partial charge in [0, 0.05) is 77.1 Å². The highest BCUT2D eigenvalue weighted by molar-refractivity contribution is 7.92. The van der Waals surface area contributed by atoms with E-state index in [2.05, 4.69) is 15.6 Å². The van der Waals surface area contributed by atoms with Crippen molar-refractivity contribution in [1.29, 1.82) is 0 Å². The van der Waals surface area contributed by atoms with Gasteiger partial charge in [0.05, 0.1) is 63.9 Å². The van der Waals surface area contributed by atoms with E-state index >= 15 is 22.8 Å². The zero-order valence-electron chi connectivity index (χ0n) is 44.2. The molecule has 412 valence electrons. The van der Waals surface area contributed by atoms with Crippen LogP contribution in [-0.4, -0.2) is 200 Å². The normalized spacial score (nSPS) is 22.8. The number of hydrogen-bond acceptors (Lipinski definition) is 17. The Balaban J connectivity index is 1.34. The third kappa shape index (κ3) is 13.0. The van der Waals surface area contributed by atoms with Gasteiger partial charge in [0.25, 0.3) is 5.79 Å². The summed E-state index contributed by atoms with van der Waals surface area (Å²) < 4.78 is 69.1. The molecular weight excluding hydrogens is 973 g/mol. The number of sulfone groups is 1. The Hall–Kier alpha value is -4.06. The summed E-state index contributed by atoms with van der Waals surface area (Å²) in [6.45, 7) is 11.3. The smallest absolute Gasteiger partial charge is 0.366 e. The molecule has 1 aromatic carbocycles. The van der Waals surface area contributed by atoms with Crippen LogP contribution in [0.4, 0.5) is 0 Å². The number of amides is 2.